The number of aromatic nitrogens is 4. The number of nitrogens with two attached hydrogens (primary N) is 2. The van der Waals surface area contributed by atoms with Crippen molar-refractivity contribution in [1.29, 1.82) is 0 Å². The first-order chi connectivity index (χ1) is 20.3. The molecule has 42 heavy (non-hydrogen) atoms. The van der Waals surface area contributed by atoms with E-state index in [1.165, 1.54) is 18.3 Å². The second-order valence-corrected chi connectivity index (χ2v) is 9.04. The number of carboxylic acids is 1. The maximum absolute atomic E-state index is 12.6. The van der Waals surface area contributed by atoms with Crippen molar-refractivity contribution in [3.63, 3.8) is 0 Å². The Labute approximate surface area is 240 Å². The average molecular weight is 586 g/mol. The zero-order chi connectivity index (χ0) is 30.3. The fraction of sp³-hybridized carbons (Fsp3) is 0.423. The minimum absolute atomic E-state index is 0.0496. The molecule has 3 rings (SSSR count). The number of nitrogens with one attached hydrogen (secondary N) is 4. The molecule has 3 aromatic rings. The largest absolute Gasteiger partial charge is 0.480 e. The van der Waals surface area contributed by atoms with Crippen molar-refractivity contribution < 1.29 is 29.0 Å². The first-order valence-corrected chi connectivity index (χ1v) is 13.3. The summed E-state index contributed by atoms with van der Waals surface area (Å²) >= 11 is 0. The Morgan fingerprint density at radius 1 is 1.05 bits per heavy atom. The number of nitrogen functional groups attached to an aromatic ring is 1. The lowest BCUT2D eigenvalue weighted by Gasteiger charge is -2.15. The van der Waals surface area contributed by atoms with Crippen molar-refractivity contribution in [3.8, 4) is 0 Å². The van der Waals surface area contributed by atoms with E-state index in [9.17, 15) is 24.3 Å². The van der Waals surface area contributed by atoms with Crippen molar-refractivity contribution in [1.82, 2.24) is 30.6 Å². The third kappa shape index (κ3) is 10.4. The number of rotatable bonds is 18. The summed E-state index contributed by atoms with van der Waals surface area (Å²) in [6.45, 7) is 2.88. The van der Waals surface area contributed by atoms with Crippen LogP contribution >= 0.6 is 0 Å². The molecule has 2 heterocycles. The van der Waals surface area contributed by atoms with Crippen LogP contribution in [0.25, 0.3) is 11.2 Å². The lowest BCUT2D eigenvalue weighted by molar-refractivity contribution is -0.139. The van der Waals surface area contributed by atoms with Crippen molar-refractivity contribution in [2.45, 2.75) is 31.8 Å². The molecule has 16 heteroatoms. The molecule has 0 saturated carbocycles. The number of nitrogens with zero attached hydrogens (tertiary/aromatic N) is 3. The number of anilines is 2. The standard InChI is InChI=1S/C26H35N9O7/c27-8-11-42-13-12-41-10-1-9-29-20(36)7-6-19(25(39)40)33-23(37)16-2-4-17(5-3-16)30-14-18-15-31-22-21(32-18)24(38)35-26(28)34-22/h2-5,15,19,30H,1,6-14,27H2,(H,29,36)(H,33,37)(H,39,40)(H3,28,31,34,35,38)/t19-/m1/s1. The van der Waals surface area contributed by atoms with Gasteiger partial charge in [-0.15, -0.1) is 0 Å². The van der Waals surface area contributed by atoms with Gasteiger partial charge in [-0.3, -0.25) is 19.4 Å². The molecule has 0 bridgehead atoms. The van der Waals surface area contributed by atoms with Crippen molar-refractivity contribution in [3.05, 3.63) is 52.1 Å². The maximum Gasteiger partial charge on any atom is 0.326 e. The molecular weight excluding hydrogens is 550 g/mol. The third-order valence-corrected chi connectivity index (χ3v) is 5.79. The molecule has 0 aliphatic rings. The Hall–Kier alpha value is -4.67. The van der Waals surface area contributed by atoms with Crippen LogP contribution in [0.15, 0.2) is 35.3 Å². The molecule has 16 nitrogen and oxygen atoms in total. The summed E-state index contributed by atoms with van der Waals surface area (Å²) in [6.07, 6.45) is 1.92. The summed E-state index contributed by atoms with van der Waals surface area (Å²) in [6, 6.07) is 5.09. The van der Waals surface area contributed by atoms with Crippen LogP contribution in [-0.4, -0.2) is 88.4 Å². The summed E-state index contributed by atoms with van der Waals surface area (Å²) in [5.41, 5.74) is 11.9. The molecular formula is C26H35N9O7. The van der Waals surface area contributed by atoms with Crippen LogP contribution in [0.3, 0.4) is 0 Å². The average Bonchev–Trinajstić information content (AvgIpc) is 2.97. The van der Waals surface area contributed by atoms with Crippen LogP contribution in [0, 0.1) is 0 Å². The second kappa shape index (κ2) is 16.6. The van der Waals surface area contributed by atoms with Gasteiger partial charge < -0.3 is 42.0 Å². The van der Waals surface area contributed by atoms with Crippen LogP contribution in [0.2, 0.25) is 0 Å². The number of amides is 2. The molecule has 9 N–H and O–H groups in total. The molecule has 226 valence electrons. The number of aromatic amines is 1. The summed E-state index contributed by atoms with van der Waals surface area (Å²) in [5, 5.41) is 17.8. The molecule has 0 saturated heterocycles. The SMILES string of the molecule is NCCOCCOCCCNC(=O)CC[C@@H](NC(=O)c1ccc(NCc2cnc3nc(N)[nH]c(=O)c3n2)cc1)C(=O)O. The van der Waals surface area contributed by atoms with Gasteiger partial charge in [0.2, 0.25) is 11.9 Å². The van der Waals surface area contributed by atoms with Crippen LogP contribution in [-0.2, 0) is 25.6 Å². The number of carboxylic acid groups (broad SMARTS) is 1. The number of carbonyl (C=O) groups is 3. The third-order valence-electron chi connectivity index (χ3n) is 5.79. The molecule has 2 aromatic heterocycles. The Kier molecular flexibility index (Phi) is 12.6. The number of aliphatic carboxylic acids is 1. The highest BCUT2D eigenvalue weighted by molar-refractivity contribution is 5.97. The molecule has 0 radical (unpaired) electrons. The summed E-state index contributed by atoms with van der Waals surface area (Å²) in [7, 11) is 0. The van der Waals surface area contributed by atoms with Gasteiger partial charge in [0, 0.05) is 37.4 Å². The Morgan fingerprint density at radius 2 is 1.79 bits per heavy atom. The van der Waals surface area contributed by atoms with Gasteiger partial charge in [-0.2, -0.15) is 4.98 Å². The fourth-order valence-electron chi connectivity index (χ4n) is 3.66. The molecule has 2 amide bonds. The molecule has 0 spiro atoms. The molecule has 0 aliphatic carbocycles. The number of H-pyrrole nitrogens is 1. The van der Waals surface area contributed by atoms with Crippen LogP contribution in [0.4, 0.5) is 11.6 Å². The van der Waals surface area contributed by atoms with Crippen molar-refractivity contribution >= 4 is 40.6 Å². The maximum atomic E-state index is 12.6. The van der Waals surface area contributed by atoms with Crippen LogP contribution < -0.4 is 33.0 Å². The lowest BCUT2D eigenvalue weighted by Crippen LogP contribution is -2.41. The Morgan fingerprint density at radius 3 is 2.50 bits per heavy atom. The number of hydrogen-bond donors (Lipinski definition) is 7. The van der Waals surface area contributed by atoms with Gasteiger partial charge in [-0.05, 0) is 37.1 Å². The summed E-state index contributed by atoms with van der Waals surface area (Å²) in [5.74, 6) is -2.20. The number of ether oxygens (including phenoxy) is 2. The van der Waals surface area contributed by atoms with Crippen molar-refractivity contribution in [2.24, 2.45) is 5.73 Å². The first-order valence-electron chi connectivity index (χ1n) is 13.3. The number of hydrogen-bond acceptors (Lipinski definition) is 12. The number of fused-ring (bicyclic) bond motifs is 1. The second-order valence-electron chi connectivity index (χ2n) is 9.04. The summed E-state index contributed by atoms with van der Waals surface area (Å²) < 4.78 is 10.6. The summed E-state index contributed by atoms with van der Waals surface area (Å²) in [4.78, 5) is 63.1. The van der Waals surface area contributed by atoms with E-state index in [1.54, 1.807) is 12.1 Å². The van der Waals surface area contributed by atoms with E-state index in [0.717, 1.165) is 0 Å². The lowest BCUT2D eigenvalue weighted by atomic mass is 10.1. The smallest absolute Gasteiger partial charge is 0.326 e. The number of benzene rings is 1. The monoisotopic (exact) mass is 585 g/mol. The number of carbonyl (C=O) groups excluding carboxylic acids is 2. The van der Waals surface area contributed by atoms with E-state index in [1.807, 2.05) is 0 Å². The molecule has 1 atom stereocenters. The Balaban J connectivity index is 1.40. The van der Waals surface area contributed by atoms with E-state index in [-0.39, 0.29) is 48.0 Å². The van der Waals surface area contributed by atoms with Gasteiger partial charge in [0.1, 0.15) is 6.04 Å². The van der Waals surface area contributed by atoms with Gasteiger partial charge in [0.25, 0.3) is 11.5 Å². The van der Waals surface area contributed by atoms with Crippen LogP contribution in [0.1, 0.15) is 35.3 Å². The van der Waals surface area contributed by atoms with E-state index >= 15 is 0 Å². The van der Waals surface area contributed by atoms with E-state index in [4.69, 9.17) is 20.9 Å². The quantitative estimate of drug-likeness (QED) is 0.0919. The van der Waals surface area contributed by atoms with Gasteiger partial charge in [-0.1, -0.05) is 0 Å². The van der Waals surface area contributed by atoms with Crippen LogP contribution in [0.5, 0.6) is 0 Å². The highest BCUT2D eigenvalue weighted by Gasteiger charge is 2.21. The Bertz CT molecular complexity index is 1400. The van der Waals surface area contributed by atoms with Crippen molar-refractivity contribution in [2.75, 3.05) is 50.6 Å². The molecule has 0 aliphatic heterocycles. The highest BCUT2D eigenvalue weighted by Crippen LogP contribution is 2.12. The zero-order valence-corrected chi connectivity index (χ0v) is 22.9. The predicted molar refractivity (Wildman–Crippen MR) is 153 cm³/mol. The topological polar surface area (TPSA) is 250 Å². The highest BCUT2D eigenvalue weighted by atomic mass is 16.5. The molecule has 0 fully saturated rings. The predicted octanol–water partition coefficient (Wildman–Crippen LogP) is -0.631. The minimum Gasteiger partial charge on any atom is -0.480 e. The minimum atomic E-state index is -1.24. The molecule has 0 unspecified atom stereocenters. The van der Waals surface area contributed by atoms with Gasteiger partial charge in [-0.25, -0.2) is 14.8 Å². The van der Waals surface area contributed by atoms with E-state index in [2.05, 4.69) is 35.9 Å². The molecule has 1 aromatic carbocycles. The fourth-order valence-corrected chi connectivity index (χ4v) is 3.66. The van der Waals surface area contributed by atoms with E-state index in [0.29, 0.717) is 57.3 Å². The normalized spacial score (nSPS) is 11.6. The van der Waals surface area contributed by atoms with E-state index < -0.39 is 23.5 Å². The zero-order valence-electron chi connectivity index (χ0n) is 22.9. The van der Waals surface area contributed by atoms with Gasteiger partial charge in [0.05, 0.1) is 38.3 Å². The first kappa shape index (κ1) is 31.9. The van der Waals surface area contributed by atoms with Gasteiger partial charge >= 0.3 is 5.97 Å². The van der Waals surface area contributed by atoms with Gasteiger partial charge in [0.15, 0.2) is 11.2 Å².